The van der Waals surface area contributed by atoms with Crippen molar-refractivity contribution in [2.45, 2.75) is 53.4 Å². The Kier molecular flexibility index (Phi) is 12.0. The SMILES string of the molecule is CCN(CCO)c1ccc(N(SC(=S)N2CCCCC2)C(=O)NCCCOc2ccc(C)cc2C)c(C)c1. The molecular weight excluding hydrogens is 516 g/mol. The fourth-order valence-corrected chi connectivity index (χ4v) is 5.86. The van der Waals surface area contributed by atoms with E-state index in [1.165, 1.54) is 23.9 Å². The number of nitrogens with one attached hydrogen (secondary N) is 1. The Morgan fingerprint density at radius 1 is 1.11 bits per heavy atom. The molecule has 1 aliphatic rings. The number of likely N-dealkylation sites (N-methyl/N-ethyl adjacent to an activating group) is 1. The summed E-state index contributed by atoms with van der Waals surface area (Å²) in [6.07, 6.45) is 4.16. The number of urea groups is 1. The van der Waals surface area contributed by atoms with Gasteiger partial charge in [-0.3, -0.25) is 0 Å². The Hall–Kier alpha value is -2.49. The molecule has 2 amide bonds. The van der Waals surface area contributed by atoms with E-state index in [2.05, 4.69) is 41.1 Å². The number of rotatable bonds is 10. The highest BCUT2D eigenvalue weighted by Gasteiger charge is 2.24. The van der Waals surface area contributed by atoms with Crippen LogP contribution >= 0.6 is 24.2 Å². The third kappa shape index (κ3) is 8.51. The molecule has 2 N–H and O–H groups in total. The van der Waals surface area contributed by atoms with Crippen LogP contribution in [0.4, 0.5) is 16.2 Å². The number of carbonyl (C=O) groups excluding carboxylic acids is 1. The molecule has 0 aliphatic carbocycles. The molecule has 0 bridgehead atoms. The molecule has 0 saturated carbocycles. The van der Waals surface area contributed by atoms with Gasteiger partial charge in [-0.15, -0.1) is 0 Å². The van der Waals surface area contributed by atoms with Crippen molar-refractivity contribution in [3.63, 3.8) is 0 Å². The van der Waals surface area contributed by atoms with Gasteiger partial charge < -0.3 is 25.0 Å². The van der Waals surface area contributed by atoms with E-state index in [1.807, 2.05) is 38.1 Å². The molecule has 0 spiro atoms. The summed E-state index contributed by atoms with van der Waals surface area (Å²) in [5.41, 5.74) is 5.13. The number of amides is 2. The Balaban J connectivity index is 1.67. The predicted molar refractivity (Wildman–Crippen MR) is 164 cm³/mol. The van der Waals surface area contributed by atoms with Crippen molar-refractivity contribution in [1.29, 1.82) is 0 Å². The van der Waals surface area contributed by atoms with Crippen LogP contribution in [0.3, 0.4) is 0 Å². The fourth-order valence-electron chi connectivity index (χ4n) is 4.55. The van der Waals surface area contributed by atoms with E-state index in [-0.39, 0.29) is 12.6 Å². The second-order valence-electron chi connectivity index (χ2n) is 9.68. The molecule has 1 fully saturated rings. The van der Waals surface area contributed by atoms with Crippen molar-refractivity contribution in [2.75, 3.05) is 55.1 Å². The number of benzene rings is 2. The number of likely N-dealkylation sites (tertiary alicyclic amines) is 1. The van der Waals surface area contributed by atoms with Gasteiger partial charge in [0.25, 0.3) is 0 Å². The first-order chi connectivity index (χ1) is 18.3. The number of aliphatic hydroxyl groups is 1. The van der Waals surface area contributed by atoms with Crippen molar-refractivity contribution in [3.8, 4) is 5.75 Å². The van der Waals surface area contributed by atoms with Gasteiger partial charge in [0.2, 0.25) is 0 Å². The van der Waals surface area contributed by atoms with Gasteiger partial charge in [0.1, 0.15) is 5.75 Å². The van der Waals surface area contributed by atoms with E-state index < -0.39 is 0 Å². The van der Waals surface area contributed by atoms with Gasteiger partial charge in [-0.2, -0.15) is 0 Å². The molecule has 2 aromatic rings. The quantitative estimate of drug-likeness (QED) is 0.216. The normalized spacial score (nSPS) is 13.2. The molecule has 9 heteroatoms. The Morgan fingerprint density at radius 2 is 1.87 bits per heavy atom. The van der Waals surface area contributed by atoms with Crippen LogP contribution in [0, 0.1) is 20.8 Å². The summed E-state index contributed by atoms with van der Waals surface area (Å²) in [6, 6.07) is 12.0. The third-order valence-electron chi connectivity index (χ3n) is 6.67. The summed E-state index contributed by atoms with van der Waals surface area (Å²) in [7, 11) is 0. The second kappa shape index (κ2) is 15.2. The zero-order chi connectivity index (χ0) is 27.5. The zero-order valence-electron chi connectivity index (χ0n) is 23.2. The minimum Gasteiger partial charge on any atom is -0.493 e. The third-order valence-corrected chi connectivity index (χ3v) is 8.11. The average molecular weight is 559 g/mol. The highest BCUT2D eigenvalue weighted by Crippen LogP contribution is 2.32. The van der Waals surface area contributed by atoms with E-state index in [0.29, 0.717) is 26.1 Å². The van der Waals surface area contributed by atoms with Gasteiger partial charge in [0.15, 0.2) is 4.32 Å². The molecule has 1 heterocycles. The van der Waals surface area contributed by atoms with Crippen molar-refractivity contribution < 1.29 is 14.6 Å². The van der Waals surface area contributed by atoms with Crippen LogP contribution in [0.25, 0.3) is 0 Å². The number of thiocarbonyl (C=S) groups is 1. The Bertz CT molecular complexity index is 1080. The maximum atomic E-state index is 13.4. The second-order valence-corrected chi connectivity index (χ2v) is 11.3. The Labute approximate surface area is 237 Å². The zero-order valence-corrected chi connectivity index (χ0v) is 24.8. The first-order valence-corrected chi connectivity index (χ1v) is 14.7. The molecule has 0 radical (unpaired) electrons. The van der Waals surface area contributed by atoms with E-state index >= 15 is 0 Å². The van der Waals surface area contributed by atoms with Crippen LogP contribution in [0.5, 0.6) is 5.75 Å². The number of piperidine rings is 1. The molecule has 1 saturated heterocycles. The lowest BCUT2D eigenvalue weighted by atomic mass is 10.1. The highest BCUT2D eigenvalue weighted by molar-refractivity contribution is 8.24. The van der Waals surface area contributed by atoms with E-state index in [0.717, 1.165) is 65.0 Å². The number of hydrogen-bond donors (Lipinski definition) is 2. The van der Waals surface area contributed by atoms with Crippen molar-refractivity contribution in [2.24, 2.45) is 0 Å². The monoisotopic (exact) mass is 558 g/mol. The number of ether oxygens (including phenoxy) is 1. The number of anilines is 2. The van der Waals surface area contributed by atoms with Crippen molar-refractivity contribution in [3.05, 3.63) is 53.1 Å². The maximum absolute atomic E-state index is 13.4. The summed E-state index contributed by atoms with van der Waals surface area (Å²) in [5.74, 6) is 0.879. The molecule has 0 atom stereocenters. The van der Waals surface area contributed by atoms with Crippen LogP contribution in [0.2, 0.25) is 0 Å². The average Bonchev–Trinajstić information content (AvgIpc) is 2.91. The lowest BCUT2D eigenvalue weighted by Crippen LogP contribution is -2.41. The first-order valence-electron chi connectivity index (χ1n) is 13.6. The molecule has 2 aromatic carbocycles. The molecule has 38 heavy (non-hydrogen) atoms. The minimum atomic E-state index is -0.195. The largest absolute Gasteiger partial charge is 0.493 e. The van der Waals surface area contributed by atoms with Gasteiger partial charge >= 0.3 is 6.03 Å². The van der Waals surface area contributed by atoms with E-state index in [1.54, 1.807) is 4.31 Å². The summed E-state index contributed by atoms with van der Waals surface area (Å²) in [4.78, 5) is 17.8. The fraction of sp³-hybridized carbons (Fsp3) is 0.517. The number of nitrogens with zero attached hydrogens (tertiary/aromatic N) is 3. The van der Waals surface area contributed by atoms with E-state index in [9.17, 15) is 9.90 Å². The summed E-state index contributed by atoms with van der Waals surface area (Å²) in [5, 5.41) is 12.5. The van der Waals surface area contributed by atoms with Gasteiger partial charge in [-0.05, 0) is 88.8 Å². The van der Waals surface area contributed by atoms with Crippen LogP contribution in [0.1, 0.15) is 49.3 Å². The number of aryl methyl sites for hydroxylation is 3. The lowest BCUT2D eigenvalue weighted by Gasteiger charge is -2.32. The van der Waals surface area contributed by atoms with Crippen LogP contribution in [0.15, 0.2) is 36.4 Å². The van der Waals surface area contributed by atoms with Crippen LogP contribution in [-0.4, -0.2) is 66.3 Å². The number of aliphatic hydroxyl groups excluding tert-OH is 1. The maximum Gasteiger partial charge on any atom is 0.332 e. The molecule has 208 valence electrons. The summed E-state index contributed by atoms with van der Waals surface area (Å²) >= 11 is 7.09. The number of carbonyl (C=O) groups is 1. The van der Waals surface area contributed by atoms with Crippen molar-refractivity contribution in [1.82, 2.24) is 10.2 Å². The van der Waals surface area contributed by atoms with Crippen LogP contribution in [-0.2, 0) is 0 Å². The molecule has 3 rings (SSSR count). The lowest BCUT2D eigenvalue weighted by molar-refractivity contribution is 0.248. The van der Waals surface area contributed by atoms with Gasteiger partial charge in [0, 0.05) is 50.4 Å². The molecule has 0 aromatic heterocycles. The van der Waals surface area contributed by atoms with E-state index in [4.69, 9.17) is 17.0 Å². The topological polar surface area (TPSA) is 68.3 Å². The predicted octanol–water partition coefficient (Wildman–Crippen LogP) is 5.83. The molecule has 1 aliphatic heterocycles. The number of hydrogen-bond acceptors (Lipinski definition) is 6. The van der Waals surface area contributed by atoms with Crippen LogP contribution < -0.4 is 19.3 Å². The summed E-state index contributed by atoms with van der Waals surface area (Å²) in [6.45, 7) is 12.5. The van der Waals surface area contributed by atoms with Gasteiger partial charge in [-0.1, -0.05) is 29.9 Å². The molecule has 7 nitrogen and oxygen atoms in total. The Morgan fingerprint density at radius 3 is 2.53 bits per heavy atom. The highest BCUT2D eigenvalue weighted by atomic mass is 32.2. The van der Waals surface area contributed by atoms with Gasteiger partial charge in [0.05, 0.1) is 18.9 Å². The van der Waals surface area contributed by atoms with Crippen molar-refractivity contribution >= 4 is 45.9 Å². The van der Waals surface area contributed by atoms with Gasteiger partial charge in [-0.25, -0.2) is 9.10 Å². The molecule has 0 unspecified atom stereocenters. The molecular formula is C29H42N4O3S2. The first kappa shape index (κ1) is 30.1. The summed E-state index contributed by atoms with van der Waals surface area (Å²) < 4.78 is 8.33. The standard InChI is InChI=1S/C29H42N4O3S2/c1-5-31(17-18-34)25-11-12-26(23(3)21-25)33(38-29(37)32-15-7-6-8-16-32)28(35)30-14-9-19-36-27-13-10-22(2)20-24(27)4/h10-13,20-21,34H,5-9,14-19H2,1-4H3,(H,30,35). The minimum absolute atomic E-state index is 0.0936. The smallest absolute Gasteiger partial charge is 0.332 e.